The summed E-state index contributed by atoms with van der Waals surface area (Å²) in [4.78, 5) is 15.6. The van der Waals surface area contributed by atoms with Crippen LogP contribution in [-0.2, 0) is 4.79 Å². The summed E-state index contributed by atoms with van der Waals surface area (Å²) in [5.74, 6) is 0.174. The van der Waals surface area contributed by atoms with Gasteiger partial charge in [-0.1, -0.05) is 11.6 Å². The van der Waals surface area contributed by atoms with E-state index >= 15 is 0 Å². The maximum Gasteiger partial charge on any atom is 0.222 e. The Balaban J connectivity index is 1.42. The molecule has 1 atom stereocenters. The highest BCUT2D eigenvalue weighted by atomic mass is 35.5. The Morgan fingerprint density at radius 1 is 1.32 bits per heavy atom. The van der Waals surface area contributed by atoms with Gasteiger partial charge in [-0.2, -0.15) is 5.10 Å². The van der Waals surface area contributed by atoms with Crippen LogP contribution >= 0.6 is 11.6 Å². The largest absolute Gasteiger partial charge is 0.390 e. The van der Waals surface area contributed by atoms with Crippen LogP contribution in [0, 0.1) is 0 Å². The molecule has 2 aliphatic rings. The van der Waals surface area contributed by atoms with E-state index in [1.807, 2.05) is 10.9 Å². The molecule has 1 aromatic rings. The number of likely N-dealkylation sites (tertiary alicyclic amines) is 2. The Labute approximate surface area is 135 Å². The molecule has 6 nitrogen and oxygen atoms in total. The predicted molar refractivity (Wildman–Crippen MR) is 83.8 cm³/mol. The van der Waals surface area contributed by atoms with Gasteiger partial charge in [-0.15, -0.1) is 0 Å². The molecule has 0 spiro atoms. The first-order chi connectivity index (χ1) is 10.6. The minimum atomic E-state index is -0.460. The van der Waals surface area contributed by atoms with Crippen molar-refractivity contribution in [2.24, 2.45) is 0 Å². The number of nitrogens with zero attached hydrogens (tertiary/aromatic N) is 4. The lowest BCUT2D eigenvalue weighted by Gasteiger charge is -2.33. The van der Waals surface area contributed by atoms with E-state index in [9.17, 15) is 9.90 Å². The Kier molecular flexibility index (Phi) is 5.00. The molecule has 1 N–H and O–H groups in total. The fourth-order valence-corrected chi connectivity index (χ4v) is 3.53. The van der Waals surface area contributed by atoms with E-state index in [1.165, 1.54) is 0 Å². The summed E-state index contributed by atoms with van der Waals surface area (Å²) in [6.45, 7) is 3.77. The number of halogens is 1. The standard InChI is InChI=1S/C15H23ClN4O2/c16-12-8-17-20(9-12)13-3-6-18(7-4-13)10-14(21)11-19-5-1-2-15(19)22/h8-9,13-14,21H,1-7,10-11H2. The third-order valence-electron chi connectivity index (χ3n) is 4.57. The summed E-state index contributed by atoms with van der Waals surface area (Å²) in [5, 5.41) is 15.1. The number of amides is 1. The van der Waals surface area contributed by atoms with E-state index in [4.69, 9.17) is 11.6 Å². The lowest BCUT2D eigenvalue weighted by atomic mass is 10.0. The van der Waals surface area contributed by atoms with Gasteiger partial charge in [0, 0.05) is 45.3 Å². The van der Waals surface area contributed by atoms with Crippen molar-refractivity contribution in [3.63, 3.8) is 0 Å². The normalized spacial score (nSPS) is 22.5. The van der Waals surface area contributed by atoms with Gasteiger partial charge in [0.25, 0.3) is 0 Å². The predicted octanol–water partition coefficient (Wildman–Crippen LogP) is 1.16. The average molecular weight is 327 g/mol. The zero-order valence-corrected chi connectivity index (χ0v) is 13.5. The monoisotopic (exact) mass is 326 g/mol. The van der Waals surface area contributed by atoms with Crippen molar-refractivity contribution in [1.82, 2.24) is 19.6 Å². The highest BCUT2D eigenvalue weighted by molar-refractivity contribution is 6.30. The van der Waals surface area contributed by atoms with Crippen LogP contribution in [0.25, 0.3) is 0 Å². The fraction of sp³-hybridized carbons (Fsp3) is 0.733. The Bertz CT molecular complexity index is 513. The molecule has 122 valence electrons. The summed E-state index contributed by atoms with van der Waals surface area (Å²) >= 11 is 5.91. The second-order valence-corrected chi connectivity index (χ2v) is 6.70. The number of piperidine rings is 1. The number of hydrogen-bond acceptors (Lipinski definition) is 4. The van der Waals surface area contributed by atoms with Gasteiger partial charge < -0.3 is 14.9 Å². The molecule has 1 amide bonds. The van der Waals surface area contributed by atoms with Crippen molar-refractivity contribution in [1.29, 1.82) is 0 Å². The Morgan fingerprint density at radius 2 is 2.09 bits per heavy atom. The van der Waals surface area contributed by atoms with Gasteiger partial charge in [-0.25, -0.2) is 0 Å². The smallest absolute Gasteiger partial charge is 0.222 e. The highest BCUT2D eigenvalue weighted by Crippen LogP contribution is 2.23. The molecule has 0 aliphatic carbocycles. The molecule has 2 aliphatic heterocycles. The topological polar surface area (TPSA) is 61.6 Å². The molecule has 7 heteroatoms. The van der Waals surface area contributed by atoms with Crippen molar-refractivity contribution >= 4 is 17.5 Å². The number of rotatable bonds is 5. The molecule has 2 fully saturated rings. The summed E-state index contributed by atoms with van der Waals surface area (Å²) in [6.07, 6.45) is 6.65. The van der Waals surface area contributed by atoms with Crippen LogP contribution in [0.3, 0.4) is 0 Å². The molecule has 0 aromatic carbocycles. The Hall–Kier alpha value is -1.11. The summed E-state index contributed by atoms with van der Waals surface area (Å²) in [7, 11) is 0. The van der Waals surface area contributed by atoms with Gasteiger partial charge in [-0.3, -0.25) is 9.48 Å². The molecule has 0 radical (unpaired) electrons. The van der Waals surface area contributed by atoms with Gasteiger partial charge in [0.15, 0.2) is 0 Å². The Morgan fingerprint density at radius 3 is 2.68 bits per heavy atom. The number of aliphatic hydroxyl groups excluding tert-OH is 1. The lowest BCUT2D eigenvalue weighted by Crippen LogP contribution is -2.43. The number of aliphatic hydroxyl groups is 1. The molecule has 1 aromatic heterocycles. The SMILES string of the molecule is O=C1CCCN1CC(O)CN1CCC(n2cc(Cl)cn2)CC1. The molecule has 3 heterocycles. The summed E-state index contributed by atoms with van der Waals surface area (Å²) < 4.78 is 1.94. The molecule has 2 saturated heterocycles. The van der Waals surface area contributed by atoms with E-state index < -0.39 is 6.10 Å². The first-order valence-corrected chi connectivity index (χ1v) is 8.37. The molecule has 3 rings (SSSR count). The molecule has 22 heavy (non-hydrogen) atoms. The van der Waals surface area contributed by atoms with Crippen LogP contribution in [0.5, 0.6) is 0 Å². The van der Waals surface area contributed by atoms with E-state index in [1.54, 1.807) is 11.1 Å². The first-order valence-electron chi connectivity index (χ1n) is 7.99. The van der Waals surface area contributed by atoms with Gasteiger partial charge in [0.1, 0.15) is 0 Å². The van der Waals surface area contributed by atoms with Crippen LogP contribution < -0.4 is 0 Å². The van der Waals surface area contributed by atoms with Crippen molar-refractivity contribution in [3.05, 3.63) is 17.4 Å². The van der Waals surface area contributed by atoms with Crippen molar-refractivity contribution < 1.29 is 9.90 Å². The van der Waals surface area contributed by atoms with E-state index in [0.29, 0.717) is 30.6 Å². The minimum Gasteiger partial charge on any atom is -0.390 e. The van der Waals surface area contributed by atoms with E-state index in [-0.39, 0.29) is 5.91 Å². The van der Waals surface area contributed by atoms with Gasteiger partial charge >= 0.3 is 0 Å². The number of carbonyl (C=O) groups excluding carboxylic acids is 1. The van der Waals surface area contributed by atoms with Crippen molar-refractivity contribution in [2.45, 2.75) is 37.8 Å². The first kappa shape index (κ1) is 15.8. The second kappa shape index (κ2) is 6.98. The third-order valence-corrected chi connectivity index (χ3v) is 4.77. The van der Waals surface area contributed by atoms with Gasteiger partial charge in [-0.05, 0) is 19.3 Å². The molecular formula is C15H23ClN4O2. The fourth-order valence-electron chi connectivity index (χ4n) is 3.39. The van der Waals surface area contributed by atoms with Crippen LogP contribution in [0.2, 0.25) is 5.02 Å². The minimum absolute atomic E-state index is 0.174. The lowest BCUT2D eigenvalue weighted by molar-refractivity contribution is -0.129. The zero-order valence-electron chi connectivity index (χ0n) is 12.7. The summed E-state index contributed by atoms with van der Waals surface area (Å²) in [6, 6.07) is 0.390. The molecule has 0 saturated carbocycles. The number of hydrogen-bond donors (Lipinski definition) is 1. The molecule has 0 bridgehead atoms. The quantitative estimate of drug-likeness (QED) is 0.882. The van der Waals surface area contributed by atoms with Crippen LogP contribution in [0.4, 0.5) is 0 Å². The zero-order chi connectivity index (χ0) is 15.5. The number of β-amino-alcohol motifs (C(OH)–C–C–N with tert-alkyl or cyclic N) is 1. The number of aromatic nitrogens is 2. The van der Waals surface area contributed by atoms with Gasteiger partial charge in [0.05, 0.1) is 23.4 Å². The van der Waals surface area contributed by atoms with Crippen molar-refractivity contribution in [3.8, 4) is 0 Å². The summed E-state index contributed by atoms with van der Waals surface area (Å²) in [5.41, 5.74) is 0. The van der Waals surface area contributed by atoms with Gasteiger partial charge in [0.2, 0.25) is 5.91 Å². The van der Waals surface area contributed by atoms with E-state index in [2.05, 4.69) is 10.00 Å². The highest BCUT2D eigenvalue weighted by Gasteiger charge is 2.26. The maximum atomic E-state index is 11.6. The molecular weight excluding hydrogens is 304 g/mol. The number of carbonyl (C=O) groups is 1. The maximum absolute atomic E-state index is 11.6. The van der Waals surface area contributed by atoms with Crippen LogP contribution in [-0.4, -0.2) is 69.4 Å². The second-order valence-electron chi connectivity index (χ2n) is 6.27. The van der Waals surface area contributed by atoms with Crippen LogP contribution in [0.15, 0.2) is 12.4 Å². The molecule has 1 unspecified atom stereocenters. The van der Waals surface area contributed by atoms with Crippen molar-refractivity contribution in [2.75, 3.05) is 32.7 Å². The average Bonchev–Trinajstić information content (AvgIpc) is 3.09. The third kappa shape index (κ3) is 3.80. The van der Waals surface area contributed by atoms with Crippen LogP contribution in [0.1, 0.15) is 31.7 Å². The van der Waals surface area contributed by atoms with E-state index in [0.717, 1.165) is 38.9 Å².